The van der Waals surface area contributed by atoms with Crippen LogP contribution in [0.3, 0.4) is 0 Å². The van der Waals surface area contributed by atoms with Crippen LogP contribution in [0.25, 0.3) is 0 Å². The molecule has 88 valence electrons. The second-order valence-corrected chi connectivity index (χ2v) is 5.21. The van der Waals surface area contributed by atoms with Crippen molar-refractivity contribution in [2.45, 2.75) is 38.3 Å². The smallest absolute Gasteiger partial charge is 0.236 e. The molecular formula is C11H22N2O2. The summed E-state index contributed by atoms with van der Waals surface area (Å²) >= 11 is 0. The topological polar surface area (TPSA) is 43.8 Å². The molecule has 4 nitrogen and oxygen atoms in total. The second-order valence-electron chi connectivity index (χ2n) is 5.21. The number of hydrogen-bond donors (Lipinski definition) is 1. The fourth-order valence-electron chi connectivity index (χ4n) is 1.65. The van der Waals surface area contributed by atoms with Crippen molar-refractivity contribution in [2.24, 2.45) is 0 Å². The quantitative estimate of drug-likeness (QED) is 0.716. The molecule has 4 heteroatoms. The first kappa shape index (κ1) is 12.5. The largest absolute Gasteiger partial charge is 0.389 e. The van der Waals surface area contributed by atoms with Gasteiger partial charge in [-0.2, -0.15) is 0 Å². The zero-order valence-corrected chi connectivity index (χ0v) is 10.2. The number of hydrogen-bond acceptors (Lipinski definition) is 3. The Morgan fingerprint density at radius 1 is 1.40 bits per heavy atom. The van der Waals surface area contributed by atoms with Crippen LogP contribution >= 0.6 is 0 Å². The molecule has 0 aliphatic heterocycles. The molecule has 1 aliphatic carbocycles. The van der Waals surface area contributed by atoms with Crippen LogP contribution in [0.1, 0.15) is 26.7 Å². The standard InChI is InChI=1S/C11H22N2O2/c1-11(2,15)8-13(4)10(14)7-12(3)9-5-6-9/h9,15H,5-8H2,1-4H3. The molecule has 0 aromatic carbocycles. The van der Waals surface area contributed by atoms with Gasteiger partial charge in [-0.15, -0.1) is 0 Å². The lowest BCUT2D eigenvalue weighted by atomic mass is 10.1. The molecule has 0 unspecified atom stereocenters. The number of amides is 1. The molecule has 0 aromatic rings. The van der Waals surface area contributed by atoms with Gasteiger partial charge in [-0.3, -0.25) is 9.69 Å². The highest BCUT2D eigenvalue weighted by Crippen LogP contribution is 2.24. The fourth-order valence-corrected chi connectivity index (χ4v) is 1.65. The van der Waals surface area contributed by atoms with Gasteiger partial charge in [0.1, 0.15) is 0 Å². The lowest BCUT2D eigenvalue weighted by Gasteiger charge is -2.27. The Kier molecular flexibility index (Phi) is 3.73. The molecule has 0 aromatic heterocycles. The Morgan fingerprint density at radius 3 is 2.33 bits per heavy atom. The normalized spacial score (nSPS) is 16.9. The van der Waals surface area contributed by atoms with Crippen LogP contribution in [0, 0.1) is 0 Å². The maximum atomic E-state index is 11.7. The SMILES string of the molecule is CN(CC(C)(C)O)C(=O)CN(C)C1CC1. The summed E-state index contributed by atoms with van der Waals surface area (Å²) in [6, 6.07) is 0.601. The molecule has 15 heavy (non-hydrogen) atoms. The number of nitrogens with zero attached hydrogens (tertiary/aromatic N) is 2. The molecule has 0 spiro atoms. The van der Waals surface area contributed by atoms with Crippen LogP contribution in [-0.4, -0.2) is 59.6 Å². The Morgan fingerprint density at radius 2 is 1.93 bits per heavy atom. The van der Waals surface area contributed by atoms with Gasteiger partial charge in [-0.05, 0) is 33.7 Å². The van der Waals surface area contributed by atoms with Crippen molar-refractivity contribution in [2.75, 3.05) is 27.2 Å². The molecule has 1 saturated carbocycles. The minimum atomic E-state index is -0.817. The van der Waals surface area contributed by atoms with E-state index in [1.165, 1.54) is 12.8 Å². The molecule has 1 aliphatic rings. The van der Waals surface area contributed by atoms with E-state index in [-0.39, 0.29) is 5.91 Å². The van der Waals surface area contributed by atoms with Crippen molar-refractivity contribution < 1.29 is 9.90 Å². The van der Waals surface area contributed by atoms with Crippen LogP contribution in [0.15, 0.2) is 0 Å². The third-order valence-electron chi connectivity index (χ3n) is 2.60. The molecule has 1 N–H and O–H groups in total. The molecule has 1 rings (SSSR count). The van der Waals surface area contributed by atoms with Crippen LogP contribution in [0.4, 0.5) is 0 Å². The first-order valence-electron chi connectivity index (χ1n) is 5.46. The van der Waals surface area contributed by atoms with Crippen LogP contribution in [0.2, 0.25) is 0 Å². The third-order valence-corrected chi connectivity index (χ3v) is 2.60. The van der Waals surface area contributed by atoms with Crippen molar-refractivity contribution in [1.82, 2.24) is 9.80 Å². The maximum absolute atomic E-state index is 11.7. The average Bonchev–Trinajstić information content (AvgIpc) is 2.82. The number of likely N-dealkylation sites (N-methyl/N-ethyl adjacent to an activating group) is 2. The van der Waals surface area contributed by atoms with Crippen LogP contribution < -0.4 is 0 Å². The van der Waals surface area contributed by atoms with Crippen molar-refractivity contribution in [3.8, 4) is 0 Å². The number of aliphatic hydroxyl groups is 1. The number of carbonyl (C=O) groups is 1. The Labute approximate surface area is 91.9 Å². The number of carbonyl (C=O) groups excluding carboxylic acids is 1. The summed E-state index contributed by atoms with van der Waals surface area (Å²) < 4.78 is 0. The van der Waals surface area contributed by atoms with Gasteiger partial charge in [0.15, 0.2) is 0 Å². The van der Waals surface area contributed by atoms with Gasteiger partial charge in [0.2, 0.25) is 5.91 Å². The van der Waals surface area contributed by atoms with Crippen LogP contribution in [0.5, 0.6) is 0 Å². The first-order chi connectivity index (χ1) is 6.79. The minimum Gasteiger partial charge on any atom is -0.389 e. The van der Waals surface area contributed by atoms with Crippen molar-refractivity contribution in [3.63, 3.8) is 0 Å². The van der Waals surface area contributed by atoms with Gasteiger partial charge in [-0.25, -0.2) is 0 Å². The summed E-state index contributed by atoms with van der Waals surface area (Å²) in [5, 5.41) is 9.59. The van der Waals surface area contributed by atoms with Crippen molar-refractivity contribution in [1.29, 1.82) is 0 Å². The van der Waals surface area contributed by atoms with E-state index >= 15 is 0 Å². The zero-order valence-electron chi connectivity index (χ0n) is 10.2. The molecule has 0 atom stereocenters. The van der Waals surface area contributed by atoms with E-state index in [1.54, 1.807) is 25.8 Å². The van der Waals surface area contributed by atoms with Gasteiger partial charge in [0, 0.05) is 19.6 Å². The fraction of sp³-hybridized carbons (Fsp3) is 0.909. The van der Waals surface area contributed by atoms with E-state index in [2.05, 4.69) is 4.90 Å². The van der Waals surface area contributed by atoms with Crippen molar-refractivity contribution >= 4 is 5.91 Å². The predicted octanol–water partition coefficient (Wildman–Crippen LogP) is 0.310. The highest BCUT2D eigenvalue weighted by Gasteiger charge is 2.28. The Bertz CT molecular complexity index is 231. The molecule has 0 bridgehead atoms. The monoisotopic (exact) mass is 214 g/mol. The third kappa shape index (κ3) is 4.62. The molecule has 0 saturated heterocycles. The van der Waals surface area contributed by atoms with E-state index in [4.69, 9.17) is 0 Å². The highest BCUT2D eigenvalue weighted by atomic mass is 16.3. The molecule has 1 amide bonds. The summed E-state index contributed by atoms with van der Waals surface area (Å²) in [6.45, 7) is 4.25. The summed E-state index contributed by atoms with van der Waals surface area (Å²) in [7, 11) is 3.72. The molecular weight excluding hydrogens is 192 g/mol. The first-order valence-corrected chi connectivity index (χ1v) is 5.46. The second kappa shape index (κ2) is 4.49. The van der Waals surface area contributed by atoms with E-state index < -0.39 is 5.60 Å². The highest BCUT2D eigenvalue weighted by molar-refractivity contribution is 5.78. The predicted molar refractivity (Wildman–Crippen MR) is 59.6 cm³/mol. The molecule has 1 fully saturated rings. The Balaban J connectivity index is 2.32. The lowest BCUT2D eigenvalue weighted by Crippen LogP contribution is -2.44. The van der Waals surface area contributed by atoms with Gasteiger partial charge in [-0.1, -0.05) is 0 Å². The average molecular weight is 214 g/mol. The minimum absolute atomic E-state index is 0.0755. The summed E-state index contributed by atoms with van der Waals surface area (Å²) in [5.41, 5.74) is -0.817. The maximum Gasteiger partial charge on any atom is 0.236 e. The van der Waals surface area contributed by atoms with Gasteiger partial charge < -0.3 is 10.0 Å². The molecule has 0 radical (unpaired) electrons. The summed E-state index contributed by atoms with van der Waals surface area (Å²) in [5.74, 6) is 0.0755. The van der Waals surface area contributed by atoms with E-state index in [0.29, 0.717) is 19.1 Å². The summed E-state index contributed by atoms with van der Waals surface area (Å²) in [6.07, 6.45) is 2.41. The number of rotatable bonds is 5. The molecule has 0 heterocycles. The van der Waals surface area contributed by atoms with E-state index in [1.807, 2.05) is 7.05 Å². The van der Waals surface area contributed by atoms with Crippen LogP contribution in [-0.2, 0) is 4.79 Å². The van der Waals surface area contributed by atoms with Gasteiger partial charge >= 0.3 is 0 Å². The summed E-state index contributed by atoms with van der Waals surface area (Å²) in [4.78, 5) is 15.4. The van der Waals surface area contributed by atoms with Gasteiger partial charge in [0.25, 0.3) is 0 Å². The lowest BCUT2D eigenvalue weighted by molar-refractivity contribution is -0.133. The van der Waals surface area contributed by atoms with Crippen molar-refractivity contribution in [3.05, 3.63) is 0 Å². The van der Waals surface area contributed by atoms with Gasteiger partial charge in [0.05, 0.1) is 12.1 Å². The zero-order chi connectivity index (χ0) is 11.6. The Hall–Kier alpha value is -0.610. The van der Waals surface area contributed by atoms with E-state index in [9.17, 15) is 9.90 Å². The van der Waals surface area contributed by atoms with E-state index in [0.717, 1.165) is 0 Å².